The van der Waals surface area contributed by atoms with E-state index in [0.29, 0.717) is 5.76 Å². The van der Waals surface area contributed by atoms with E-state index in [1.807, 2.05) is 32.9 Å². The van der Waals surface area contributed by atoms with Crippen molar-refractivity contribution < 1.29 is 24.1 Å². The zero-order valence-electron chi connectivity index (χ0n) is 15.5. The molecule has 0 N–H and O–H groups in total. The van der Waals surface area contributed by atoms with E-state index in [4.69, 9.17) is 14.5 Å². The lowest BCUT2D eigenvalue weighted by molar-refractivity contribution is -0.317. The maximum atomic E-state index is 11.9. The number of rotatable bonds is 5. The quantitative estimate of drug-likeness (QED) is 0.426. The number of hydrogen-bond acceptors (Lipinski definition) is 5. The van der Waals surface area contributed by atoms with E-state index in [-0.39, 0.29) is 17.9 Å². The van der Waals surface area contributed by atoms with Crippen LogP contribution in [0, 0.1) is 0 Å². The minimum Gasteiger partial charge on any atom is -0.455 e. The number of hydrogen-bond donors (Lipinski definition) is 0. The Morgan fingerprint density at radius 3 is 2.64 bits per heavy atom. The van der Waals surface area contributed by atoms with Gasteiger partial charge in [0, 0.05) is 18.6 Å². The number of ketones is 1. The second kappa shape index (κ2) is 7.83. The van der Waals surface area contributed by atoms with Crippen LogP contribution in [0.25, 0.3) is 0 Å². The first kappa shape index (κ1) is 19.2. The first-order valence-electron chi connectivity index (χ1n) is 8.51. The summed E-state index contributed by atoms with van der Waals surface area (Å²) in [5.74, 6) is 0.0653. The third kappa shape index (κ3) is 5.43. The number of cyclic esters (lactones) is 1. The van der Waals surface area contributed by atoms with Crippen LogP contribution in [0.4, 0.5) is 0 Å². The molecule has 2 heterocycles. The van der Waals surface area contributed by atoms with Gasteiger partial charge in [0.2, 0.25) is 0 Å². The highest BCUT2D eigenvalue weighted by atomic mass is 17.2. The molecule has 1 unspecified atom stereocenters. The van der Waals surface area contributed by atoms with Gasteiger partial charge in [-0.05, 0) is 59.1 Å². The molecule has 0 fully saturated rings. The molecular formula is C20H26O5. The lowest BCUT2D eigenvalue weighted by Gasteiger charge is -2.26. The van der Waals surface area contributed by atoms with Crippen molar-refractivity contribution in [1.29, 1.82) is 0 Å². The molecule has 5 heteroatoms. The van der Waals surface area contributed by atoms with Crippen LogP contribution in [-0.4, -0.2) is 23.5 Å². The lowest BCUT2D eigenvalue weighted by Crippen LogP contribution is -2.37. The highest BCUT2D eigenvalue weighted by molar-refractivity contribution is 5.97. The van der Waals surface area contributed by atoms with Crippen molar-refractivity contribution in [2.75, 3.05) is 0 Å². The summed E-state index contributed by atoms with van der Waals surface area (Å²) in [5, 5.41) is 0. The normalized spacial score (nSPS) is 24.3. The Morgan fingerprint density at radius 1 is 1.28 bits per heavy atom. The van der Waals surface area contributed by atoms with Crippen molar-refractivity contribution >= 4 is 11.8 Å². The summed E-state index contributed by atoms with van der Waals surface area (Å²) in [4.78, 5) is 33.7. The summed E-state index contributed by atoms with van der Waals surface area (Å²) in [6.07, 6.45) is 9.22. The van der Waals surface area contributed by atoms with Gasteiger partial charge in [-0.3, -0.25) is 4.79 Å². The van der Waals surface area contributed by atoms with Gasteiger partial charge in [0.1, 0.15) is 6.10 Å². The fourth-order valence-corrected chi connectivity index (χ4v) is 2.60. The van der Waals surface area contributed by atoms with Crippen LogP contribution in [0.2, 0.25) is 0 Å². The number of esters is 1. The molecule has 0 aromatic rings. The van der Waals surface area contributed by atoms with Crippen molar-refractivity contribution in [3.8, 4) is 0 Å². The second-order valence-corrected chi connectivity index (χ2v) is 7.16. The maximum absolute atomic E-state index is 11.9. The summed E-state index contributed by atoms with van der Waals surface area (Å²) in [6, 6.07) is 0. The summed E-state index contributed by atoms with van der Waals surface area (Å²) in [7, 11) is 0. The van der Waals surface area contributed by atoms with Crippen LogP contribution >= 0.6 is 0 Å². The number of carbonyl (C=O) groups excluding carboxylic acids is 2. The Hall–Kier alpha value is -2.14. The number of allylic oxidation sites excluding steroid dienone is 3. The summed E-state index contributed by atoms with van der Waals surface area (Å²) in [6.45, 7) is 9.19. The molecule has 2 aliphatic heterocycles. The van der Waals surface area contributed by atoms with Gasteiger partial charge in [0.05, 0.1) is 0 Å². The highest BCUT2D eigenvalue weighted by Gasteiger charge is 2.34. The molecule has 1 atom stereocenters. The second-order valence-electron chi connectivity index (χ2n) is 7.16. The van der Waals surface area contributed by atoms with Crippen molar-refractivity contribution in [3.63, 3.8) is 0 Å². The Morgan fingerprint density at radius 2 is 2.00 bits per heavy atom. The Bertz CT molecular complexity index is 676. The molecule has 2 rings (SSSR count). The smallest absolute Gasteiger partial charge is 0.331 e. The molecule has 0 saturated heterocycles. The van der Waals surface area contributed by atoms with Crippen LogP contribution in [0.15, 0.2) is 46.8 Å². The third-order valence-electron chi connectivity index (χ3n) is 4.20. The first-order valence-corrected chi connectivity index (χ1v) is 8.51. The molecule has 0 aromatic heterocycles. The standard InChI is InChI=1S/C20H26O5/c1-13(9-16-10-14(2)11-19(22)23-16)7-6-8-15(3)17-12-18(21)20(4,5)25-24-17/h8-9,11-12,16H,6-7,10H2,1-5H3. The fraction of sp³-hybridized carbons (Fsp3) is 0.500. The van der Waals surface area contributed by atoms with Gasteiger partial charge in [-0.2, -0.15) is 4.89 Å². The topological polar surface area (TPSA) is 61.8 Å². The van der Waals surface area contributed by atoms with E-state index in [2.05, 4.69) is 0 Å². The molecule has 136 valence electrons. The van der Waals surface area contributed by atoms with Crippen molar-refractivity contribution in [2.24, 2.45) is 0 Å². The third-order valence-corrected chi connectivity index (χ3v) is 4.20. The molecule has 2 aliphatic rings. The van der Waals surface area contributed by atoms with Gasteiger partial charge in [0.25, 0.3) is 0 Å². The van der Waals surface area contributed by atoms with Crippen LogP contribution < -0.4 is 0 Å². The van der Waals surface area contributed by atoms with E-state index in [0.717, 1.165) is 36.0 Å². The molecule has 0 bridgehead atoms. The van der Waals surface area contributed by atoms with Crippen LogP contribution in [0.1, 0.15) is 53.9 Å². The van der Waals surface area contributed by atoms with E-state index in [9.17, 15) is 9.59 Å². The lowest BCUT2D eigenvalue weighted by atomic mass is 10.0. The van der Waals surface area contributed by atoms with Crippen LogP contribution in [-0.2, 0) is 24.1 Å². The SMILES string of the molecule is CC(=CC1CC(C)=CC(=O)O1)CCC=C(C)C1=CC(=O)C(C)(C)OO1. The molecule has 25 heavy (non-hydrogen) atoms. The van der Waals surface area contributed by atoms with Gasteiger partial charge in [0.15, 0.2) is 17.1 Å². The van der Waals surface area contributed by atoms with E-state index in [1.165, 1.54) is 12.2 Å². The van der Waals surface area contributed by atoms with Gasteiger partial charge < -0.3 is 9.62 Å². The van der Waals surface area contributed by atoms with Crippen LogP contribution in [0.3, 0.4) is 0 Å². The van der Waals surface area contributed by atoms with E-state index >= 15 is 0 Å². The Kier molecular flexibility index (Phi) is 6.01. The number of ether oxygens (including phenoxy) is 1. The van der Waals surface area contributed by atoms with Gasteiger partial charge >= 0.3 is 5.97 Å². The molecular weight excluding hydrogens is 320 g/mol. The monoisotopic (exact) mass is 346 g/mol. The van der Waals surface area contributed by atoms with Gasteiger partial charge in [-0.1, -0.05) is 17.2 Å². The minimum atomic E-state index is -0.937. The molecule has 0 saturated carbocycles. The Balaban J connectivity index is 1.90. The Labute approximate surface area is 148 Å². The number of carbonyl (C=O) groups is 2. The minimum absolute atomic E-state index is 0.111. The van der Waals surface area contributed by atoms with Crippen LogP contribution in [0.5, 0.6) is 0 Å². The summed E-state index contributed by atoms with van der Waals surface area (Å²) >= 11 is 0. The molecule has 0 amide bonds. The van der Waals surface area contributed by atoms with Gasteiger partial charge in [-0.25, -0.2) is 4.79 Å². The van der Waals surface area contributed by atoms with Crippen molar-refractivity contribution in [2.45, 2.75) is 65.6 Å². The average molecular weight is 346 g/mol. The van der Waals surface area contributed by atoms with Crippen molar-refractivity contribution in [1.82, 2.24) is 0 Å². The zero-order valence-corrected chi connectivity index (χ0v) is 15.5. The molecule has 0 aromatic carbocycles. The average Bonchev–Trinajstić information content (AvgIpc) is 2.48. The van der Waals surface area contributed by atoms with E-state index < -0.39 is 5.60 Å². The predicted molar refractivity (Wildman–Crippen MR) is 94.3 cm³/mol. The van der Waals surface area contributed by atoms with Crippen molar-refractivity contribution in [3.05, 3.63) is 46.8 Å². The molecule has 5 nitrogen and oxygen atoms in total. The van der Waals surface area contributed by atoms with Gasteiger partial charge in [-0.15, -0.1) is 0 Å². The maximum Gasteiger partial charge on any atom is 0.331 e. The molecule has 0 spiro atoms. The highest BCUT2D eigenvalue weighted by Crippen LogP contribution is 2.25. The first-order chi connectivity index (χ1) is 11.7. The molecule has 0 aliphatic carbocycles. The largest absolute Gasteiger partial charge is 0.455 e. The summed E-state index contributed by atoms with van der Waals surface area (Å²) < 4.78 is 5.29. The summed E-state index contributed by atoms with van der Waals surface area (Å²) in [5.41, 5.74) is 2.12. The zero-order chi connectivity index (χ0) is 18.6. The predicted octanol–water partition coefficient (Wildman–Crippen LogP) is 4.11. The molecule has 0 radical (unpaired) electrons. The van der Waals surface area contributed by atoms with E-state index in [1.54, 1.807) is 13.8 Å². The fourth-order valence-electron chi connectivity index (χ4n) is 2.60.